The summed E-state index contributed by atoms with van der Waals surface area (Å²) < 4.78 is 0. The number of benzene rings is 1. The van der Waals surface area contributed by atoms with E-state index >= 15 is 0 Å². The van der Waals surface area contributed by atoms with Crippen molar-refractivity contribution in [2.45, 2.75) is 38.9 Å². The predicted molar refractivity (Wildman–Crippen MR) is 111 cm³/mol. The molecule has 0 unspecified atom stereocenters. The molecule has 0 saturated carbocycles. The van der Waals surface area contributed by atoms with Crippen LogP contribution in [0, 0.1) is 0 Å². The third-order valence-corrected chi connectivity index (χ3v) is 5.50. The van der Waals surface area contributed by atoms with Crippen LogP contribution in [0.3, 0.4) is 0 Å². The normalized spacial score (nSPS) is 14.0. The number of nitrogens with two attached hydrogens (primary N) is 1. The summed E-state index contributed by atoms with van der Waals surface area (Å²) in [6, 6.07) is 8.59. The van der Waals surface area contributed by atoms with Gasteiger partial charge in [-0.05, 0) is 31.4 Å². The number of carbonyl (C=O) groups is 1. The summed E-state index contributed by atoms with van der Waals surface area (Å²) in [6.07, 6.45) is 1.06. The van der Waals surface area contributed by atoms with Crippen molar-refractivity contribution in [1.29, 1.82) is 0 Å². The van der Waals surface area contributed by atoms with Crippen LogP contribution in [0.25, 0.3) is 0 Å². The third-order valence-electron chi connectivity index (χ3n) is 4.63. The van der Waals surface area contributed by atoms with Crippen LogP contribution < -0.4 is 11.1 Å². The average molecular weight is 417 g/mol. The van der Waals surface area contributed by atoms with E-state index in [4.69, 9.17) is 5.73 Å². The van der Waals surface area contributed by atoms with Gasteiger partial charge in [-0.2, -0.15) is 0 Å². The zero-order chi connectivity index (χ0) is 17.2. The van der Waals surface area contributed by atoms with E-state index < -0.39 is 0 Å². The van der Waals surface area contributed by atoms with Gasteiger partial charge in [0.05, 0.1) is 0 Å². The molecule has 2 heterocycles. The molecule has 1 aromatic heterocycles. The van der Waals surface area contributed by atoms with Crippen molar-refractivity contribution in [3.63, 3.8) is 0 Å². The number of thiazole rings is 1. The van der Waals surface area contributed by atoms with Crippen LogP contribution in [0.5, 0.6) is 0 Å². The Kier molecular flexibility index (Phi) is 8.50. The molecule has 2 aromatic rings. The number of hydrogen-bond donors (Lipinski definition) is 2. The van der Waals surface area contributed by atoms with Crippen molar-refractivity contribution in [2.24, 2.45) is 5.73 Å². The van der Waals surface area contributed by atoms with Crippen molar-refractivity contribution in [2.75, 3.05) is 13.1 Å². The zero-order valence-corrected chi connectivity index (χ0v) is 17.5. The van der Waals surface area contributed by atoms with Crippen LogP contribution in [0.4, 0.5) is 0 Å². The molecule has 0 saturated heterocycles. The smallest absolute Gasteiger partial charge is 0.270 e. The van der Waals surface area contributed by atoms with Gasteiger partial charge in [0.25, 0.3) is 5.91 Å². The molecule has 1 amide bonds. The maximum atomic E-state index is 12.3. The monoisotopic (exact) mass is 416 g/mol. The molecule has 3 rings (SSSR count). The van der Waals surface area contributed by atoms with Gasteiger partial charge in [-0.1, -0.05) is 24.3 Å². The average Bonchev–Trinajstić information content (AvgIpc) is 3.08. The summed E-state index contributed by atoms with van der Waals surface area (Å²) >= 11 is 1.42. The Morgan fingerprint density at radius 2 is 2.00 bits per heavy atom. The van der Waals surface area contributed by atoms with Gasteiger partial charge in [-0.15, -0.1) is 36.2 Å². The molecule has 0 atom stereocenters. The first kappa shape index (κ1) is 22.9. The number of nitrogens with zero attached hydrogens (tertiary/aromatic N) is 2. The SMILES string of the molecule is CC(C)(CNC(=O)c1csc(CN)n1)N1CCc2ccccc2C1.Cl.Cl. The standard InChI is InChI=1S/C18H24N4OS.2ClH/c1-18(2,12-20-17(23)15-11-24-16(9-19)21-15)22-8-7-13-5-3-4-6-14(13)10-22;;/h3-6,11H,7-10,12,19H2,1-2H3,(H,20,23);2*1H. The molecule has 0 aliphatic carbocycles. The predicted octanol–water partition coefficient (Wildman–Crippen LogP) is 3.01. The Morgan fingerprint density at radius 3 is 2.65 bits per heavy atom. The number of amides is 1. The highest BCUT2D eigenvalue weighted by Crippen LogP contribution is 2.25. The van der Waals surface area contributed by atoms with E-state index in [9.17, 15) is 4.79 Å². The number of aromatic nitrogens is 1. The van der Waals surface area contributed by atoms with Gasteiger partial charge in [0.2, 0.25) is 0 Å². The van der Waals surface area contributed by atoms with Crippen LogP contribution in [-0.2, 0) is 19.5 Å². The molecule has 0 spiro atoms. The van der Waals surface area contributed by atoms with E-state index in [2.05, 4.69) is 53.3 Å². The van der Waals surface area contributed by atoms with Crippen LogP contribution >= 0.6 is 36.2 Å². The first-order valence-corrected chi connectivity index (χ1v) is 9.12. The Labute approximate surface area is 171 Å². The minimum atomic E-state index is -0.128. The van der Waals surface area contributed by atoms with Gasteiger partial charge in [0.1, 0.15) is 10.7 Å². The number of rotatable bonds is 5. The molecule has 1 aliphatic heterocycles. The van der Waals surface area contributed by atoms with Gasteiger partial charge in [-0.25, -0.2) is 4.98 Å². The molecule has 8 heteroatoms. The Morgan fingerprint density at radius 1 is 1.31 bits per heavy atom. The van der Waals surface area contributed by atoms with E-state index in [0.717, 1.165) is 24.5 Å². The minimum absolute atomic E-state index is 0. The molecule has 1 aliphatic rings. The Balaban J connectivity index is 0.00000169. The molecule has 0 bridgehead atoms. The lowest BCUT2D eigenvalue weighted by atomic mass is 9.94. The van der Waals surface area contributed by atoms with Crippen molar-refractivity contribution in [1.82, 2.24) is 15.2 Å². The summed E-state index contributed by atoms with van der Waals surface area (Å²) in [4.78, 5) is 18.9. The molecular weight excluding hydrogens is 391 g/mol. The highest BCUT2D eigenvalue weighted by atomic mass is 35.5. The molecule has 1 aromatic carbocycles. The van der Waals surface area contributed by atoms with Crippen LogP contribution in [0.15, 0.2) is 29.6 Å². The molecule has 0 radical (unpaired) electrons. The lowest BCUT2D eigenvalue weighted by molar-refractivity contribution is 0.0823. The molecule has 144 valence electrons. The topological polar surface area (TPSA) is 71.2 Å². The lowest BCUT2D eigenvalue weighted by Gasteiger charge is -2.41. The zero-order valence-electron chi connectivity index (χ0n) is 15.0. The highest BCUT2D eigenvalue weighted by molar-refractivity contribution is 7.09. The van der Waals surface area contributed by atoms with Gasteiger partial charge < -0.3 is 11.1 Å². The second-order valence-corrected chi connectivity index (χ2v) is 7.71. The van der Waals surface area contributed by atoms with Gasteiger partial charge in [0, 0.05) is 37.1 Å². The molecule has 0 fully saturated rings. The largest absolute Gasteiger partial charge is 0.349 e. The second kappa shape index (κ2) is 9.67. The summed E-state index contributed by atoms with van der Waals surface area (Å²) in [6.45, 7) is 7.24. The van der Waals surface area contributed by atoms with Crippen molar-refractivity contribution < 1.29 is 4.79 Å². The summed E-state index contributed by atoms with van der Waals surface area (Å²) in [5, 5.41) is 5.57. The van der Waals surface area contributed by atoms with E-state index in [1.54, 1.807) is 5.38 Å². The molecule has 26 heavy (non-hydrogen) atoms. The van der Waals surface area contributed by atoms with Gasteiger partial charge >= 0.3 is 0 Å². The molecule has 3 N–H and O–H groups in total. The van der Waals surface area contributed by atoms with Gasteiger partial charge in [0.15, 0.2) is 0 Å². The summed E-state index contributed by atoms with van der Waals surface area (Å²) in [5.41, 5.74) is 8.72. The van der Waals surface area contributed by atoms with Crippen molar-refractivity contribution in [3.8, 4) is 0 Å². The Bertz CT molecular complexity index is 735. The fourth-order valence-corrected chi connectivity index (χ4v) is 3.67. The van der Waals surface area contributed by atoms with E-state index in [0.29, 0.717) is 18.8 Å². The highest BCUT2D eigenvalue weighted by Gasteiger charge is 2.30. The Hall–Kier alpha value is -1.18. The third kappa shape index (κ3) is 5.18. The van der Waals surface area contributed by atoms with Crippen molar-refractivity contribution >= 4 is 42.1 Å². The van der Waals surface area contributed by atoms with Crippen LogP contribution in [0.1, 0.15) is 40.5 Å². The number of nitrogens with one attached hydrogen (secondary N) is 1. The van der Waals surface area contributed by atoms with E-state index in [1.165, 1.54) is 22.5 Å². The molecule has 5 nitrogen and oxygen atoms in total. The summed E-state index contributed by atoms with van der Waals surface area (Å²) in [7, 11) is 0. The van der Waals surface area contributed by atoms with E-state index in [1.807, 2.05) is 0 Å². The maximum Gasteiger partial charge on any atom is 0.270 e. The first-order chi connectivity index (χ1) is 11.5. The van der Waals surface area contributed by atoms with E-state index in [-0.39, 0.29) is 36.3 Å². The second-order valence-electron chi connectivity index (χ2n) is 6.77. The molecular formula is C18H26Cl2N4OS. The maximum absolute atomic E-state index is 12.3. The van der Waals surface area contributed by atoms with Crippen LogP contribution in [-0.4, -0.2) is 34.4 Å². The van der Waals surface area contributed by atoms with Gasteiger partial charge in [-0.3, -0.25) is 9.69 Å². The summed E-state index contributed by atoms with van der Waals surface area (Å²) in [5.74, 6) is -0.128. The number of halogens is 2. The minimum Gasteiger partial charge on any atom is -0.349 e. The number of hydrogen-bond acceptors (Lipinski definition) is 5. The van der Waals surface area contributed by atoms with Crippen molar-refractivity contribution in [3.05, 3.63) is 51.5 Å². The fourth-order valence-electron chi connectivity index (χ4n) is 3.02. The first-order valence-electron chi connectivity index (χ1n) is 8.24. The quantitative estimate of drug-likeness (QED) is 0.785. The number of fused-ring (bicyclic) bond motifs is 1. The van der Waals surface area contributed by atoms with Crippen LogP contribution in [0.2, 0.25) is 0 Å². The fraction of sp³-hybridized carbons (Fsp3) is 0.444. The number of carbonyl (C=O) groups excluding carboxylic acids is 1. The lowest BCUT2D eigenvalue weighted by Crippen LogP contribution is -2.53.